The topological polar surface area (TPSA) is 37.8 Å². The second-order valence-electron chi connectivity index (χ2n) is 5.01. The summed E-state index contributed by atoms with van der Waals surface area (Å²) in [6, 6.07) is 8.80. The predicted molar refractivity (Wildman–Crippen MR) is 92.1 cm³/mol. The first kappa shape index (κ1) is 14.6. The van der Waals surface area contributed by atoms with Crippen LogP contribution in [0.1, 0.15) is 37.7 Å². The minimum absolute atomic E-state index is 0.320. The zero-order valence-corrected chi connectivity index (χ0v) is 13.9. The van der Waals surface area contributed by atoms with Gasteiger partial charge in [-0.15, -0.1) is 21.5 Å². The van der Waals surface area contributed by atoms with Crippen LogP contribution >= 0.6 is 22.7 Å². The van der Waals surface area contributed by atoms with E-state index in [1.165, 1.54) is 15.6 Å². The van der Waals surface area contributed by atoms with Gasteiger partial charge in [0, 0.05) is 21.0 Å². The Labute approximate surface area is 133 Å². The van der Waals surface area contributed by atoms with E-state index in [2.05, 4.69) is 59.0 Å². The SMILES string of the molecule is CCCNC(CC)c1nnc(-c2csc3ccccc23)s1. The summed E-state index contributed by atoms with van der Waals surface area (Å²) < 4.78 is 1.31. The molecule has 0 radical (unpaired) electrons. The lowest BCUT2D eigenvalue weighted by molar-refractivity contribution is 0.513. The van der Waals surface area contributed by atoms with Gasteiger partial charge in [-0.2, -0.15) is 0 Å². The normalized spacial score (nSPS) is 12.9. The quantitative estimate of drug-likeness (QED) is 0.705. The number of aromatic nitrogens is 2. The van der Waals surface area contributed by atoms with Gasteiger partial charge >= 0.3 is 0 Å². The van der Waals surface area contributed by atoms with Crippen LogP contribution < -0.4 is 5.32 Å². The average molecular weight is 317 g/mol. The highest BCUT2D eigenvalue weighted by Gasteiger charge is 2.16. The van der Waals surface area contributed by atoms with Crippen molar-refractivity contribution in [3.8, 4) is 10.6 Å². The molecule has 1 unspecified atom stereocenters. The van der Waals surface area contributed by atoms with Gasteiger partial charge in [-0.1, -0.05) is 43.4 Å². The number of fused-ring (bicyclic) bond motifs is 1. The Hall–Kier alpha value is -1.30. The zero-order chi connectivity index (χ0) is 14.7. The minimum atomic E-state index is 0.320. The summed E-state index contributed by atoms with van der Waals surface area (Å²) in [5.74, 6) is 0. The molecule has 0 aliphatic rings. The van der Waals surface area contributed by atoms with Crippen molar-refractivity contribution < 1.29 is 0 Å². The maximum Gasteiger partial charge on any atom is 0.149 e. The molecular formula is C16H19N3S2. The number of hydrogen-bond acceptors (Lipinski definition) is 5. The predicted octanol–water partition coefficient (Wildman–Crippen LogP) is 4.87. The van der Waals surface area contributed by atoms with Crippen LogP contribution in [0.5, 0.6) is 0 Å². The summed E-state index contributed by atoms with van der Waals surface area (Å²) in [5, 5.41) is 18.0. The Kier molecular flexibility index (Phi) is 4.63. The third kappa shape index (κ3) is 3.00. The summed E-state index contributed by atoms with van der Waals surface area (Å²) in [4.78, 5) is 0. The average Bonchev–Trinajstić information content (AvgIpc) is 3.14. The van der Waals surface area contributed by atoms with Gasteiger partial charge < -0.3 is 5.32 Å². The van der Waals surface area contributed by atoms with Crippen molar-refractivity contribution in [2.45, 2.75) is 32.7 Å². The van der Waals surface area contributed by atoms with E-state index < -0.39 is 0 Å². The van der Waals surface area contributed by atoms with Crippen LogP contribution in [0.2, 0.25) is 0 Å². The van der Waals surface area contributed by atoms with Crippen molar-refractivity contribution in [3.05, 3.63) is 34.7 Å². The lowest BCUT2D eigenvalue weighted by Gasteiger charge is -2.12. The Morgan fingerprint density at radius 3 is 2.86 bits per heavy atom. The lowest BCUT2D eigenvalue weighted by atomic mass is 10.2. The Morgan fingerprint density at radius 2 is 2.05 bits per heavy atom. The molecule has 1 atom stereocenters. The van der Waals surface area contributed by atoms with Crippen LogP contribution in [-0.2, 0) is 0 Å². The number of nitrogens with zero attached hydrogens (tertiary/aromatic N) is 2. The van der Waals surface area contributed by atoms with E-state index in [0.717, 1.165) is 29.4 Å². The monoisotopic (exact) mass is 317 g/mol. The molecule has 2 aromatic heterocycles. The van der Waals surface area contributed by atoms with Crippen molar-refractivity contribution >= 4 is 32.8 Å². The van der Waals surface area contributed by atoms with Crippen LogP contribution in [0.25, 0.3) is 20.7 Å². The van der Waals surface area contributed by atoms with Gasteiger partial charge in [0.1, 0.15) is 10.0 Å². The van der Waals surface area contributed by atoms with Gasteiger partial charge in [-0.3, -0.25) is 0 Å². The molecule has 0 aliphatic carbocycles. The van der Waals surface area contributed by atoms with Crippen molar-refractivity contribution in [1.29, 1.82) is 0 Å². The van der Waals surface area contributed by atoms with Crippen molar-refractivity contribution in [1.82, 2.24) is 15.5 Å². The maximum absolute atomic E-state index is 4.42. The second kappa shape index (κ2) is 6.64. The molecule has 1 aromatic carbocycles. The van der Waals surface area contributed by atoms with Gasteiger partial charge in [0.25, 0.3) is 0 Å². The van der Waals surface area contributed by atoms with E-state index >= 15 is 0 Å². The van der Waals surface area contributed by atoms with Crippen LogP contribution in [-0.4, -0.2) is 16.7 Å². The van der Waals surface area contributed by atoms with Crippen LogP contribution in [0, 0.1) is 0 Å². The molecule has 3 nitrogen and oxygen atoms in total. The highest BCUT2D eigenvalue weighted by molar-refractivity contribution is 7.19. The second-order valence-corrected chi connectivity index (χ2v) is 6.93. The summed E-state index contributed by atoms with van der Waals surface area (Å²) in [6.07, 6.45) is 2.18. The van der Waals surface area contributed by atoms with Gasteiger partial charge in [0.05, 0.1) is 6.04 Å². The molecule has 110 valence electrons. The van der Waals surface area contributed by atoms with Crippen LogP contribution in [0.3, 0.4) is 0 Å². The third-order valence-corrected chi connectivity index (χ3v) is 5.53. The Balaban J connectivity index is 1.90. The first-order valence-electron chi connectivity index (χ1n) is 7.36. The standard InChI is InChI=1S/C16H19N3S2/c1-3-9-17-13(4-2)16-19-18-15(21-16)12-10-20-14-8-6-5-7-11(12)14/h5-8,10,13,17H,3-4,9H2,1-2H3. The van der Waals surface area contributed by atoms with E-state index in [-0.39, 0.29) is 0 Å². The molecule has 21 heavy (non-hydrogen) atoms. The smallest absolute Gasteiger partial charge is 0.149 e. The Morgan fingerprint density at radius 1 is 1.19 bits per heavy atom. The molecule has 3 rings (SSSR count). The van der Waals surface area contributed by atoms with Gasteiger partial charge in [-0.25, -0.2) is 0 Å². The van der Waals surface area contributed by atoms with Gasteiger partial charge in [0.15, 0.2) is 0 Å². The van der Waals surface area contributed by atoms with Crippen molar-refractivity contribution in [2.75, 3.05) is 6.54 Å². The fraction of sp³-hybridized carbons (Fsp3) is 0.375. The van der Waals surface area contributed by atoms with Crippen molar-refractivity contribution in [2.24, 2.45) is 0 Å². The van der Waals surface area contributed by atoms with E-state index in [9.17, 15) is 0 Å². The summed E-state index contributed by atoms with van der Waals surface area (Å²) in [5.41, 5.74) is 1.21. The molecule has 0 aliphatic heterocycles. The van der Waals surface area contributed by atoms with Gasteiger partial charge in [-0.05, 0) is 25.5 Å². The van der Waals surface area contributed by atoms with E-state index in [1.807, 2.05) is 0 Å². The molecule has 3 aromatic rings. The van der Waals surface area contributed by atoms with Gasteiger partial charge in [0.2, 0.25) is 0 Å². The molecule has 0 bridgehead atoms. The number of thiophene rings is 1. The highest BCUT2D eigenvalue weighted by atomic mass is 32.1. The van der Waals surface area contributed by atoms with Crippen molar-refractivity contribution in [3.63, 3.8) is 0 Å². The van der Waals surface area contributed by atoms with E-state index in [0.29, 0.717) is 6.04 Å². The number of benzene rings is 1. The molecular weight excluding hydrogens is 298 g/mol. The summed E-state index contributed by atoms with van der Waals surface area (Å²) in [7, 11) is 0. The fourth-order valence-electron chi connectivity index (χ4n) is 2.35. The molecule has 0 saturated carbocycles. The summed E-state index contributed by atoms with van der Waals surface area (Å²) >= 11 is 3.48. The first-order valence-corrected chi connectivity index (χ1v) is 9.06. The highest BCUT2D eigenvalue weighted by Crippen LogP contribution is 2.36. The first-order chi connectivity index (χ1) is 10.3. The Bertz CT molecular complexity index is 717. The molecule has 0 spiro atoms. The minimum Gasteiger partial charge on any atom is -0.308 e. The largest absolute Gasteiger partial charge is 0.308 e. The number of rotatable bonds is 6. The molecule has 1 N–H and O–H groups in total. The maximum atomic E-state index is 4.42. The van der Waals surface area contributed by atoms with Crippen LogP contribution in [0.4, 0.5) is 0 Å². The summed E-state index contributed by atoms with van der Waals surface area (Å²) in [6.45, 7) is 5.39. The zero-order valence-electron chi connectivity index (χ0n) is 12.3. The molecule has 2 heterocycles. The molecule has 0 fully saturated rings. The van der Waals surface area contributed by atoms with Crippen LogP contribution in [0.15, 0.2) is 29.6 Å². The number of hydrogen-bond donors (Lipinski definition) is 1. The molecule has 5 heteroatoms. The lowest BCUT2D eigenvalue weighted by Crippen LogP contribution is -2.21. The molecule has 0 saturated heterocycles. The fourth-order valence-corrected chi connectivity index (χ4v) is 4.41. The third-order valence-electron chi connectivity index (χ3n) is 3.50. The number of nitrogens with one attached hydrogen (secondary N) is 1. The van der Waals surface area contributed by atoms with E-state index in [4.69, 9.17) is 0 Å². The molecule has 0 amide bonds. The van der Waals surface area contributed by atoms with E-state index in [1.54, 1.807) is 22.7 Å².